The van der Waals surface area contributed by atoms with E-state index in [0.29, 0.717) is 11.3 Å². The third-order valence-electron chi connectivity index (χ3n) is 2.54. The van der Waals surface area contributed by atoms with Crippen LogP contribution < -0.4 is 9.88 Å². The van der Waals surface area contributed by atoms with Crippen molar-refractivity contribution in [2.24, 2.45) is 5.14 Å². The van der Waals surface area contributed by atoms with E-state index in [1.165, 1.54) is 36.4 Å². The van der Waals surface area contributed by atoms with Crippen molar-refractivity contribution in [3.8, 4) is 5.75 Å². The predicted octanol–water partition coefficient (Wildman–Crippen LogP) is 2.71. The van der Waals surface area contributed by atoms with Crippen LogP contribution in [0.25, 0.3) is 0 Å². The Labute approximate surface area is 121 Å². The van der Waals surface area contributed by atoms with Crippen LogP contribution in [0.4, 0.5) is 4.39 Å². The summed E-state index contributed by atoms with van der Waals surface area (Å²) in [6.07, 6.45) is 0. The van der Waals surface area contributed by atoms with E-state index in [9.17, 15) is 12.8 Å². The van der Waals surface area contributed by atoms with Gasteiger partial charge in [0, 0.05) is 0 Å². The highest BCUT2D eigenvalue weighted by Gasteiger charge is 2.07. The Kier molecular flexibility index (Phi) is 4.27. The number of sulfonamides is 1. The van der Waals surface area contributed by atoms with Crippen molar-refractivity contribution >= 4 is 21.6 Å². The summed E-state index contributed by atoms with van der Waals surface area (Å²) >= 11 is 5.66. The topological polar surface area (TPSA) is 69.4 Å². The first-order valence-electron chi connectivity index (χ1n) is 5.56. The van der Waals surface area contributed by atoms with Crippen molar-refractivity contribution < 1.29 is 17.5 Å². The molecule has 0 heterocycles. The Balaban J connectivity index is 2.06. The third-order valence-corrected chi connectivity index (χ3v) is 3.76. The van der Waals surface area contributed by atoms with Crippen LogP contribution in [0.15, 0.2) is 47.4 Å². The SMILES string of the molecule is NS(=O)(=O)c1ccc(OCc2ccc(F)c(Cl)c2)cc1. The van der Waals surface area contributed by atoms with Crippen LogP contribution in [0, 0.1) is 5.82 Å². The fourth-order valence-electron chi connectivity index (χ4n) is 1.52. The van der Waals surface area contributed by atoms with E-state index in [1.807, 2.05) is 0 Å². The van der Waals surface area contributed by atoms with Gasteiger partial charge in [0.15, 0.2) is 0 Å². The summed E-state index contributed by atoms with van der Waals surface area (Å²) in [7, 11) is -3.71. The number of hydrogen-bond acceptors (Lipinski definition) is 3. The number of ether oxygens (including phenoxy) is 1. The lowest BCUT2D eigenvalue weighted by molar-refractivity contribution is 0.306. The van der Waals surface area contributed by atoms with Gasteiger partial charge < -0.3 is 4.74 Å². The van der Waals surface area contributed by atoms with E-state index in [-0.39, 0.29) is 16.5 Å². The minimum atomic E-state index is -3.71. The van der Waals surface area contributed by atoms with E-state index in [4.69, 9.17) is 21.5 Å². The Hall–Kier alpha value is -1.63. The molecule has 0 aliphatic heterocycles. The summed E-state index contributed by atoms with van der Waals surface area (Å²) < 4.78 is 40.6. The minimum absolute atomic E-state index is 0.00896. The quantitative estimate of drug-likeness (QED) is 0.943. The van der Waals surface area contributed by atoms with Crippen molar-refractivity contribution in [2.75, 3.05) is 0 Å². The maximum Gasteiger partial charge on any atom is 0.238 e. The molecule has 2 aromatic carbocycles. The van der Waals surface area contributed by atoms with Gasteiger partial charge in [-0.05, 0) is 42.0 Å². The molecule has 7 heteroatoms. The van der Waals surface area contributed by atoms with Crippen molar-refractivity contribution in [2.45, 2.75) is 11.5 Å². The maximum absolute atomic E-state index is 13.0. The molecular formula is C13H11ClFNO3S. The molecule has 0 radical (unpaired) electrons. The lowest BCUT2D eigenvalue weighted by Crippen LogP contribution is -2.11. The molecule has 0 amide bonds. The van der Waals surface area contributed by atoms with Crippen molar-refractivity contribution in [1.82, 2.24) is 0 Å². The van der Waals surface area contributed by atoms with Gasteiger partial charge in [0.1, 0.15) is 18.2 Å². The van der Waals surface area contributed by atoms with Gasteiger partial charge in [-0.25, -0.2) is 17.9 Å². The Morgan fingerprint density at radius 3 is 2.35 bits per heavy atom. The molecule has 0 aliphatic rings. The highest BCUT2D eigenvalue weighted by molar-refractivity contribution is 7.89. The molecule has 2 aromatic rings. The lowest BCUT2D eigenvalue weighted by atomic mass is 10.2. The van der Waals surface area contributed by atoms with Crippen LogP contribution in [0.2, 0.25) is 5.02 Å². The van der Waals surface area contributed by atoms with Gasteiger partial charge in [-0.3, -0.25) is 0 Å². The van der Waals surface area contributed by atoms with Crippen LogP contribution >= 0.6 is 11.6 Å². The number of benzene rings is 2. The fraction of sp³-hybridized carbons (Fsp3) is 0.0769. The standard InChI is InChI=1S/C13H11ClFNO3S/c14-12-7-9(1-6-13(12)15)8-19-10-2-4-11(5-3-10)20(16,17)18/h1-7H,8H2,(H2,16,17,18). The molecule has 0 atom stereocenters. The highest BCUT2D eigenvalue weighted by Crippen LogP contribution is 2.19. The molecule has 0 saturated heterocycles. The van der Waals surface area contributed by atoms with Crippen molar-refractivity contribution in [1.29, 1.82) is 0 Å². The number of hydrogen-bond donors (Lipinski definition) is 1. The second-order valence-corrected chi connectivity index (χ2v) is 6.02. The van der Waals surface area contributed by atoms with Crippen LogP contribution in [-0.4, -0.2) is 8.42 Å². The molecule has 20 heavy (non-hydrogen) atoms. The monoisotopic (exact) mass is 315 g/mol. The highest BCUT2D eigenvalue weighted by atomic mass is 35.5. The van der Waals surface area contributed by atoms with Gasteiger partial charge in [-0.2, -0.15) is 0 Å². The largest absolute Gasteiger partial charge is 0.489 e. The first-order chi connectivity index (χ1) is 9.36. The van der Waals surface area contributed by atoms with Crippen LogP contribution in [-0.2, 0) is 16.6 Å². The normalized spacial score (nSPS) is 11.3. The smallest absolute Gasteiger partial charge is 0.238 e. The molecule has 2 rings (SSSR count). The summed E-state index contributed by atoms with van der Waals surface area (Å²) in [4.78, 5) is 0.00896. The van der Waals surface area contributed by atoms with Crippen LogP contribution in [0.3, 0.4) is 0 Å². The molecule has 106 valence electrons. The number of halogens is 2. The van der Waals surface area contributed by atoms with E-state index in [1.54, 1.807) is 6.07 Å². The molecule has 0 saturated carbocycles. The molecule has 4 nitrogen and oxygen atoms in total. The van der Waals surface area contributed by atoms with E-state index in [0.717, 1.165) is 0 Å². The predicted molar refractivity (Wildman–Crippen MR) is 73.6 cm³/mol. The lowest BCUT2D eigenvalue weighted by Gasteiger charge is -2.07. The zero-order valence-corrected chi connectivity index (χ0v) is 11.8. The second-order valence-electron chi connectivity index (χ2n) is 4.05. The van der Waals surface area contributed by atoms with Gasteiger partial charge in [-0.15, -0.1) is 0 Å². The molecule has 0 aromatic heterocycles. The van der Waals surface area contributed by atoms with Gasteiger partial charge in [0.05, 0.1) is 9.92 Å². The fourth-order valence-corrected chi connectivity index (χ4v) is 2.24. The zero-order chi connectivity index (χ0) is 14.8. The van der Waals surface area contributed by atoms with E-state index in [2.05, 4.69) is 0 Å². The minimum Gasteiger partial charge on any atom is -0.489 e. The summed E-state index contributed by atoms with van der Waals surface area (Å²) in [6, 6.07) is 9.96. The number of primary sulfonamides is 1. The summed E-state index contributed by atoms with van der Waals surface area (Å²) in [5.41, 5.74) is 0.701. The van der Waals surface area contributed by atoms with Gasteiger partial charge >= 0.3 is 0 Å². The molecule has 0 unspecified atom stereocenters. The van der Waals surface area contributed by atoms with E-state index < -0.39 is 15.8 Å². The first kappa shape index (κ1) is 14.8. The van der Waals surface area contributed by atoms with E-state index >= 15 is 0 Å². The number of nitrogens with two attached hydrogens (primary N) is 1. The van der Waals surface area contributed by atoms with Crippen LogP contribution in [0.5, 0.6) is 5.75 Å². The van der Waals surface area contributed by atoms with Crippen molar-refractivity contribution in [3.63, 3.8) is 0 Å². The van der Waals surface area contributed by atoms with Gasteiger partial charge in [-0.1, -0.05) is 17.7 Å². The Morgan fingerprint density at radius 2 is 1.80 bits per heavy atom. The average molecular weight is 316 g/mol. The Morgan fingerprint density at radius 1 is 1.15 bits per heavy atom. The van der Waals surface area contributed by atoms with Gasteiger partial charge in [0.2, 0.25) is 10.0 Å². The molecular weight excluding hydrogens is 305 g/mol. The second kappa shape index (κ2) is 5.78. The number of rotatable bonds is 4. The molecule has 0 aliphatic carbocycles. The van der Waals surface area contributed by atoms with Crippen LogP contribution in [0.1, 0.15) is 5.56 Å². The zero-order valence-electron chi connectivity index (χ0n) is 10.2. The van der Waals surface area contributed by atoms with Gasteiger partial charge in [0.25, 0.3) is 0 Å². The molecule has 0 bridgehead atoms. The molecule has 2 N–H and O–H groups in total. The Bertz CT molecular complexity index is 717. The first-order valence-corrected chi connectivity index (χ1v) is 7.48. The maximum atomic E-state index is 13.0. The average Bonchev–Trinajstić information content (AvgIpc) is 2.40. The summed E-state index contributed by atoms with van der Waals surface area (Å²) in [6.45, 7) is 0.189. The third kappa shape index (κ3) is 3.69. The summed E-state index contributed by atoms with van der Waals surface area (Å²) in [5, 5.41) is 5.01. The molecule has 0 fully saturated rings. The van der Waals surface area contributed by atoms with Crippen molar-refractivity contribution in [3.05, 3.63) is 58.9 Å². The summed E-state index contributed by atoms with van der Waals surface area (Å²) in [5.74, 6) is -0.0224. The molecule has 0 spiro atoms.